The van der Waals surface area contributed by atoms with Crippen LogP contribution in [-0.2, 0) is 9.59 Å². The zero-order chi connectivity index (χ0) is 11.1. The van der Waals surface area contributed by atoms with Crippen LogP contribution in [0, 0.1) is 0 Å². The number of para-hydroxylation sites is 1. The van der Waals surface area contributed by atoms with Gasteiger partial charge in [-0.2, -0.15) is 0 Å². The first-order chi connectivity index (χ1) is 7.27. The van der Waals surface area contributed by atoms with Gasteiger partial charge in [0, 0.05) is 25.8 Å². The van der Waals surface area contributed by atoms with Crippen molar-refractivity contribution < 1.29 is 9.59 Å². The van der Waals surface area contributed by atoms with Gasteiger partial charge in [0.15, 0.2) is 0 Å². The number of benzene rings is 1. The molecule has 4 heteroatoms. The lowest BCUT2D eigenvalue weighted by molar-refractivity contribution is -0.117. The topological polar surface area (TPSA) is 40.6 Å². The van der Waals surface area contributed by atoms with Crippen molar-refractivity contribution in [3.8, 4) is 0 Å². The average molecular weight is 206 g/mol. The Morgan fingerprint density at radius 2 is 1.73 bits per heavy atom. The monoisotopic (exact) mass is 206 g/mol. The average Bonchev–Trinajstić information content (AvgIpc) is 2.31. The molecule has 0 saturated carbocycles. The fraction of sp³-hybridized carbons (Fsp3) is 0.273. The van der Waals surface area contributed by atoms with Gasteiger partial charge < -0.3 is 9.80 Å². The van der Waals surface area contributed by atoms with Crippen molar-refractivity contribution in [3.63, 3.8) is 0 Å². The van der Waals surface area contributed by atoms with E-state index in [-0.39, 0.29) is 0 Å². The van der Waals surface area contributed by atoms with E-state index in [1.807, 2.05) is 30.3 Å². The van der Waals surface area contributed by atoms with E-state index in [4.69, 9.17) is 0 Å². The molecule has 1 aromatic rings. The lowest BCUT2D eigenvalue weighted by Gasteiger charge is -2.19. The minimum absolute atomic E-state index is 0.503. The van der Waals surface area contributed by atoms with Crippen molar-refractivity contribution >= 4 is 18.5 Å². The third-order valence-electron chi connectivity index (χ3n) is 2.09. The molecule has 1 aromatic carbocycles. The normalized spacial score (nSPS) is 9.40. The van der Waals surface area contributed by atoms with Crippen LogP contribution in [0.1, 0.15) is 0 Å². The van der Waals surface area contributed by atoms with Gasteiger partial charge in [0.05, 0.1) is 0 Å². The summed E-state index contributed by atoms with van der Waals surface area (Å²) in [4.78, 5) is 24.3. The van der Waals surface area contributed by atoms with Gasteiger partial charge in [-0.3, -0.25) is 9.59 Å². The summed E-state index contributed by atoms with van der Waals surface area (Å²) in [6.07, 6.45) is 1.52. The highest BCUT2D eigenvalue weighted by molar-refractivity contribution is 5.74. The van der Waals surface area contributed by atoms with Crippen LogP contribution in [0.15, 0.2) is 30.3 Å². The van der Waals surface area contributed by atoms with Gasteiger partial charge in [0.2, 0.25) is 12.8 Å². The highest BCUT2D eigenvalue weighted by Crippen LogP contribution is 2.10. The van der Waals surface area contributed by atoms with Gasteiger partial charge in [-0.15, -0.1) is 0 Å². The van der Waals surface area contributed by atoms with Crippen LogP contribution in [0.25, 0.3) is 0 Å². The fourth-order valence-corrected chi connectivity index (χ4v) is 1.18. The Bertz CT molecular complexity index is 314. The highest BCUT2D eigenvalue weighted by Gasteiger charge is 2.04. The number of rotatable bonds is 6. The van der Waals surface area contributed by atoms with Gasteiger partial charge in [0.1, 0.15) is 0 Å². The molecule has 2 amide bonds. The maximum atomic E-state index is 10.8. The number of hydrogen-bond donors (Lipinski definition) is 0. The molecule has 0 radical (unpaired) electrons. The first kappa shape index (κ1) is 11.2. The molecule has 0 bridgehead atoms. The first-order valence-corrected chi connectivity index (χ1v) is 4.70. The Morgan fingerprint density at radius 1 is 1.07 bits per heavy atom. The Balaban J connectivity index is 2.57. The van der Waals surface area contributed by atoms with Crippen molar-refractivity contribution in [3.05, 3.63) is 30.3 Å². The summed E-state index contributed by atoms with van der Waals surface area (Å²) in [7, 11) is 1.68. The molecule has 0 aromatic heterocycles. The third-order valence-corrected chi connectivity index (χ3v) is 2.09. The molecule has 0 aliphatic rings. The SMILES string of the molecule is CN(C=O)CCN(C=O)c1ccccc1. The minimum atomic E-state index is 0.503. The summed E-state index contributed by atoms with van der Waals surface area (Å²) in [6, 6.07) is 9.35. The second-order valence-electron chi connectivity index (χ2n) is 3.22. The van der Waals surface area contributed by atoms with E-state index in [1.165, 1.54) is 4.90 Å². The van der Waals surface area contributed by atoms with Crippen LogP contribution in [0.3, 0.4) is 0 Å². The molecule has 0 aliphatic heterocycles. The van der Waals surface area contributed by atoms with Gasteiger partial charge in [-0.25, -0.2) is 0 Å². The fourth-order valence-electron chi connectivity index (χ4n) is 1.18. The smallest absolute Gasteiger partial charge is 0.214 e. The largest absolute Gasteiger partial charge is 0.347 e. The molecular weight excluding hydrogens is 192 g/mol. The van der Waals surface area contributed by atoms with Gasteiger partial charge in [-0.1, -0.05) is 18.2 Å². The van der Waals surface area contributed by atoms with Crippen molar-refractivity contribution in [2.75, 3.05) is 25.0 Å². The second kappa shape index (κ2) is 5.80. The molecule has 4 nitrogen and oxygen atoms in total. The van der Waals surface area contributed by atoms with Crippen LogP contribution < -0.4 is 4.90 Å². The summed E-state index contributed by atoms with van der Waals surface area (Å²) < 4.78 is 0. The summed E-state index contributed by atoms with van der Waals surface area (Å²) in [5.74, 6) is 0. The molecule has 15 heavy (non-hydrogen) atoms. The van der Waals surface area contributed by atoms with Gasteiger partial charge in [-0.05, 0) is 12.1 Å². The molecule has 1 rings (SSSR count). The lowest BCUT2D eigenvalue weighted by Crippen LogP contribution is -2.31. The van der Waals surface area contributed by atoms with E-state index in [1.54, 1.807) is 11.9 Å². The molecule has 0 unspecified atom stereocenters. The molecule has 0 heterocycles. The van der Waals surface area contributed by atoms with Crippen LogP contribution in [-0.4, -0.2) is 37.9 Å². The second-order valence-corrected chi connectivity index (χ2v) is 3.22. The molecule has 0 spiro atoms. The Labute approximate surface area is 89.1 Å². The van der Waals surface area contributed by atoms with Crippen LogP contribution in [0.2, 0.25) is 0 Å². The summed E-state index contributed by atoms with van der Waals surface area (Å²) >= 11 is 0. The first-order valence-electron chi connectivity index (χ1n) is 4.70. The molecule has 0 saturated heterocycles. The Morgan fingerprint density at radius 3 is 2.27 bits per heavy atom. The zero-order valence-corrected chi connectivity index (χ0v) is 8.67. The Hall–Kier alpha value is -1.84. The summed E-state index contributed by atoms with van der Waals surface area (Å²) in [6.45, 7) is 1.03. The lowest BCUT2D eigenvalue weighted by atomic mass is 10.3. The maximum Gasteiger partial charge on any atom is 0.214 e. The molecule has 0 fully saturated rings. The van der Waals surface area contributed by atoms with E-state index < -0.39 is 0 Å². The van der Waals surface area contributed by atoms with Crippen molar-refractivity contribution in [1.29, 1.82) is 0 Å². The predicted molar refractivity (Wildman–Crippen MR) is 58.5 cm³/mol. The molecular formula is C11H14N2O2. The van der Waals surface area contributed by atoms with Crippen LogP contribution >= 0.6 is 0 Å². The number of carbonyl (C=O) groups excluding carboxylic acids is 2. The van der Waals surface area contributed by atoms with Crippen molar-refractivity contribution in [2.24, 2.45) is 0 Å². The van der Waals surface area contributed by atoms with Crippen LogP contribution in [0.4, 0.5) is 5.69 Å². The van der Waals surface area contributed by atoms with E-state index in [0.29, 0.717) is 13.1 Å². The van der Waals surface area contributed by atoms with E-state index >= 15 is 0 Å². The van der Waals surface area contributed by atoms with Crippen LogP contribution in [0.5, 0.6) is 0 Å². The zero-order valence-electron chi connectivity index (χ0n) is 8.67. The summed E-state index contributed by atoms with van der Waals surface area (Å²) in [5, 5.41) is 0. The third kappa shape index (κ3) is 3.42. The molecule has 80 valence electrons. The quantitative estimate of drug-likeness (QED) is 0.644. The van der Waals surface area contributed by atoms with Gasteiger partial charge in [0.25, 0.3) is 0 Å². The highest BCUT2D eigenvalue weighted by atomic mass is 16.1. The van der Waals surface area contributed by atoms with Crippen molar-refractivity contribution in [2.45, 2.75) is 0 Å². The summed E-state index contributed by atoms with van der Waals surface area (Å²) in [5.41, 5.74) is 0.840. The number of nitrogens with zero attached hydrogens (tertiary/aromatic N) is 2. The predicted octanol–water partition coefficient (Wildman–Crippen LogP) is 0.738. The Kier molecular flexibility index (Phi) is 4.34. The maximum absolute atomic E-state index is 10.8. The number of carbonyl (C=O) groups is 2. The van der Waals surface area contributed by atoms with E-state index in [0.717, 1.165) is 18.5 Å². The molecule has 0 N–H and O–H groups in total. The number of likely N-dealkylation sites (N-methyl/N-ethyl adjacent to an activating group) is 1. The standard InChI is InChI=1S/C11H14N2O2/c1-12(9-14)7-8-13(10-15)11-5-3-2-4-6-11/h2-6,9-10H,7-8H2,1H3. The minimum Gasteiger partial charge on any atom is -0.347 e. The van der Waals surface area contributed by atoms with E-state index in [2.05, 4.69) is 0 Å². The number of amides is 2. The number of hydrogen-bond acceptors (Lipinski definition) is 2. The van der Waals surface area contributed by atoms with Crippen molar-refractivity contribution in [1.82, 2.24) is 4.90 Å². The molecule has 0 aliphatic carbocycles. The molecule has 0 atom stereocenters. The van der Waals surface area contributed by atoms with E-state index in [9.17, 15) is 9.59 Å². The number of anilines is 1. The van der Waals surface area contributed by atoms with Gasteiger partial charge >= 0.3 is 0 Å².